The quantitative estimate of drug-likeness (QED) is 0.745. The molecule has 0 saturated carbocycles. The van der Waals surface area contributed by atoms with Crippen molar-refractivity contribution in [3.8, 4) is 0 Å². The normalized spacial score (nSPS) is 21.9. The molecular formula is C14H26N2O3. The number of amides is 1. The fourth-order valence-electron chi connectivity index (χ4n) is 2.86. The molecule has 2 heterocycles. The van der Waals surface area contributed by atoms with E-state index in [1.54, 1.807) is 0 Å². The van der Waals surface area contributed by atoms with E-state index in [4.69, 9.17) is 9.47 Å². The molecule has 1 N–H and O–H groups in total. The van der Waals surface area contributed by atoms with Gasteiger partial charge in [-0.1, -0.05) is 13.3 Å². The summed E-state index contributed by atoms with van der Waals surface area (Å²) in [7, 11) is 0. The molecule has 2 aliphatic rings. The van der Waals surface area contributed by atoms with Gasteiger partial charge in [0.25, 0.3) is 0 Å². The Hall–Kier alpha value is -0.810. The molecule has 1 amide bonds. The van der Waals surface area contributed by atoms with Gasteiger partial charge in [0.2, 0.25) is 0 Å². The molecule has 19 heavy (non-hydrogen) atoms. The number of rotatable bonds is 6. The van der Waals surface area contributed by atoms with Crippen LogP contribution in [0.4, 0.5) is 4.79 Å². The van der Waals surface area contributed by atoms with Crippen molar-refractivity contribution < 1.29 is 14.3 Å². The second-order valence-corrected chi connectivity index (χ2v) is 5.74. The smallest absolute Gasteiger partial charge is 0.407 e. The average molecular weight is 270 g/mol. The molecule has 2 saturated heterocycles. The zero-order chi connectivity index (χ0) is 13.6. The van der Waals surface area contributed by atoms with E-state index in [2.05, 4.69) is 17.1 Å². The number of unbranched alkanes of at least 4 members (excludes halogenated alkanes) is 1. The highest BCUT2D eigenvalue weighted by Gasteiger charge is 2.43. The molecule has 0 aromatic carbocycles. The van der Waals surface area contributed by atoms with Crippen LogP contribution in [0.3, 0.4) is 0 Å². The minimum absolute atomic E-state index is 0.283. The fourth-order valence-corrected chi connectivity index (χ4v) is 2.86. The van der Waals surface area contributed by atoms with Gasteiger partial charge in [-0.3, -0.25) is 0 Å². The molecule has 2 fully saturated rings. The standard InChI is InChI=1S/C14H26N2O3/c1-2-3-8-19-13(17)15-6-7-16-11-14(12-16)4-9-18-10-5-14/h2-12H2,1H3,(H,15,17). The van der Waals surface area contributed by atoms with Crippen molar-refractivity contribution in [2.75, 3.05) is 46.0 Å². The van der Waals surface area contributed by atoms with E-state index in [0.29, 0.717) is 18.6 Å². The topological polar surface area (TPSA) is 50.8 Å². The van der Waals surface area contributed by atoms with E-state index in [-0.39, 0.29) is 6.09 Å². The second-order valence-electron chi connectivity index (χ2n) is 5.74. The fraction of sp³-hybridized carbons (Fsp3) is 0.929. The first-order chi connectivity index (χ1) is 9.24. The highest BCUT2D eigenvalue weighted by atomic mass is 16.5. The first-order valence-electron chi connectivity index (χ1n) is 7.45. The minimum atomic E-state index is -0.283. The third-order valence-corrected chi connectivity index (χ3v) is 4.10. The van der Waals surface area contributed by atoms with Crippen molar-refractivity contribution in [3.63, 3.8) is 0 Å². The predicted octanol–water partition coefficient (Wildman–Crippen LogP) is 1.63. The van der Waals surface area contributed by atoms with Crippen LogP contribution in [-0.4, -0.2) is 57.0 Å². The maximum absolute atomic E-state index is 11.3. The van der Waals surface area contributed by atoms with Crippen molar-refractivity contribution in [1.82, 2.24) is 10.2 Å². The largest absolute Gasteiger partial charge is 0.450 e. The lowest BCUT2D eigenvalue weighted by molar-refractivity contribution is -0.0795. The molecule has 2 rings (SSSR count). The van der Waals surface area contributed by atoms with Crippen molar-refractivity contribution in [1.29, 1.82) is 0 Å². The number of nitrogens with one attached hydrogen (secondary N) is 1. The number of ether oxygens (including phenoxy) is 2. The summed E-state index contributed by atoms with van der Waals surface area (Å²) in [5, 5.41) is 2.80. The molecule has 0 aliphatic carbocycles. The van der Waals surface area contributed by atoms with E-state index >= 15 is 0 Å². The number of carbonyl (C=O) groups excluding carboxylic acids is 1. The van der Waals surface area contributed by atoms with Crippen molar-refractivity contribution in [3.05, 3.63) is 0 Å². The van der Waals surface area contributed by atoms with Crippen LogP contribution >= 0.6 is 0 Å². The molecule has 110 valence electrons. The molecule has 1 spiro atoms. The molecular weight excluding hydrogens is 244 g/mol. The lowest BCUT2D eigenvalue weighted by atomic mass is 9.73. The summed E-state index contributed by atoms with van der Waals surface area (Å²) < 4.78 is 10.4. The summed E-state index contributed by atoms with van der Waals surface area (Å²) in [5.41, 5.74) is 0.514. The van der Waals surface area contributed by atoms with Crippen LogP contribution in [0.2, 0.25) is 0 Å². The van der Waals surface area contributed by atoms with E-state index in [1.165, 1.54) is 12.8 Å². The van der Waals surface area contributed by atoms with Crippen molar-refractivity contribution in [2.45, 2.75) is 32.6 Å². The Morgan fingerprint density at radius 2 is 2.11 bits per heavy atom. The van der Waals surface area contributed by atoms with E-state index in [0.717, 1.165) is 45.7 Å². The van der Waals surface area contributed by atoms with E-state index in [9.17, 15) is 4.79 Å². The van der Waals surface area contributed by atoms with Gasteiger partial charge in [0.1, 0.15) is 0 Å². The van der Waals surface area contributed by atoms with Gasteiger partial charge in [0, 0.05) is 44.8 Å². The number of hydrogen-bond donors (Lipinski definition) is 1. The molecule has 5 heteroatoms. The van der Waals surface area contributed by atoms with Crippen LogP contribution in [0.25, 0.3) is 0 Å². The number of alkyl carbamates (subject to hydrolysis) is 1. The highest BCUT2D eigenvalue weighted by Crippen LogP contribution is 2.39. The average Bonchev–Trinajstić information content (AvgIpc) is 2.38. The van der Waals surface area contributed by atoms with Crippen LogP contribution in [0.15, 0.2) is 0 Å². The Morgan fingerprint density at radius 3 is 2.79 bits per heavy atom. The lowest BCUT2D eigenvalue weighted by Gasteiger charge is -2.52. The highest BCUT2D eigenvalue weighted by molar-refractivity contribution is 5.67. The molecule has 0 radical (unpaired) electrons. The number of nitrogens with zero attached hydrogens (tertiary/aromatic N) is 1. The Bertz CT molecular complexity index is 282. The van der Waals surface area contributed by atoms with E-state index < -0.39 is 0 Å². The summed E-state index contributed by atoms with van der Waals surface area (Å²) in [4.78, 5) is 13.7. The first-order valence-corrected chi connectivity index (χ1v) is 7.45. The zero-order valence-electron chi connectivity index (χ0n) is 12.0. The van der Waals surface area contributed by atoms with Gasteiger partial charge >= 0.3 is 6.09 Å². The lowest BCUT2D eigenvalue weighted by Crippen LogP contribution is -2.59. The van der Waals surface area contributed by atoms with Gasteiger partial charge in [0.05, 0.1) is 6.61 Å². The molecule has 0 aromatic heterocycles. The third-order valence-electron chi connectivity index (χ3n) is 4.10. The van der Waals surface area contributed by atoms with Crippen molar-refractivity contribution >= 4 is 6.09 Å². The summed E-state index contributed by atoms with van der Waals surface area (Å²) in [6, 6.07) is 0. The van der Waals surface area contributed by atoms with Crippen molar-refractivity contribution in [2.24, 2.45) is 5.41 Å². The van der Waals surface area contributed by atoms with Gasteiger partial charge in [-0.25, -0.2) is 4.79 Å². The number of hydrogen-bond acceptors (Lipinski definition) is 4. The van der Waals surface area contributed by atoms with Crippen LogP contribution in [-0.2, 0) is 9.47 Å². The summed E-state index contributed by atoms with van der Waals surface area (Å²) in [5.74, 6) is 0. The van der Waals surface area contributed by atoms with Gasteiger partial charge < -0.3 is 19.7 Å². The number of carbonyl (C=O) groups is 1. The van der Waals surface area contributed by atoms with Crippen LogP contribution in [0, 0.1) is 5.41 Å². The molecule has 2 aliphatic heterocycles. The summed E-state index contributed by atoms with van der Waals surface area (Å²) >= 11 is 0. The van der Waals surface area contributed by atoms with E-state index in [1.807, 2.05) is 0 Å². The Balaban J connectivity index is 1.50. The minimum Gasteiger partial charge on any atom is -0.450 e. The zero-order valence-corrected chi connectivity index (χ0v) is 12.0. The van der Waals surface area contributed by atoms with Crippen LogP contribution < -0.4 is 5.32 Å². The van der Waals surface area contributed by atoms with Gasteiger partial charge in [-0.15, -0.1) is 0 Å². The predicted molar refractivity (Wildman–Crippen MR) is 73.2 cm³/mol. The second kappa shape index (κ2) is 7.10. The Morgan fingerprint density at radius 1 is 1.37 bits per heavy atom. The molecule has 0 unspecified atom stereocenters. The van der Waals surface area contributed by atoms with Crippen LogP contribution in [0.5, 0.6) is 0 Å². The van der Waals surface area contributed by atoms with Gasteiger partial charge in [0.15, 0.2) is 0 Å². The molecule has 0 bridgehead atoms. The maximum atomic E-state index is 11.3. The molecule has 0 aromatic rings. The Kier molecular flexibility index (Phi) is 5.45. The Labute approximate surface area is 115 Å². The summed E-state index contributed by atoms with van der Waals surface area (Å²) in [6.07, 6.45) is 4.08. The van der Waals surface area contributed by atoms with Gasteiger partial charge in [-0.05, 0) is 19.3 Å². The van der Waals surface area contributed by atoms with Gasteiger partial charge in [-0.2, -0.15) is 0 Å². The third kappa shape index (κ3) is 4.35. The maximum Gasteiger partial charge on any atom is 0.407 e. The SMILES string of the molecule is CCCCOC(=O)NCCN1CC2(CCOCC2)C1. The molecule has 5 nitrogen and oxygen atoms in total. The molecule has 0 atom stereocenters. The number of likely N-dealkylation sites (tertiary alicyclic amines) is 1. The summed E-state index contributed by atoms with van der Waals surface area (Å²) in [6.45, 7) is 8.34. The van der Waals surface area contributed by atoms with Crippen LogP contribution in [0.1, 0.15) is 32.6 Å². The monoisotopic (exact) mass is 270 g/mol. The first kappa shape index (κ1) is 14.6.